The first-order valence-electron chi connectivity index (χ1n) is 7.50. The number of nitrogens with one attached hydrogen (secondary N) is 1. The van der Waals surface area contributed by atoms with E-state index in [4.69, 9.17) is 5.11 Å². The van der Waals surface area contributed by atoms with Crippen LogP contribution in [-0.4, -0.2) is 72.9 Å². The summed E-state index contributed by atoms with van der Waals surface area (Å²) >= 11 is 0. The SMILES string of the molecule is CNC(CCO)CN1CC2CCCCN2CC1C. The van der Waals surface area contributed by atoms with Gasteiger partial charge in [0.15, 0.2) is 0 Å². The van der Waals surface area contributed by atoms with E-state index in [0.29, 0.717) is 12.1 Å². The van der Waals surface area contributed by atoms with Crippen molar-refractivity contribution in [3.8, 4) is 0 Å². The van der Waals surface area contributed by atoms with Crippen molar-refractivity contribution in [2.45, 2.75) is 50.7 Å². The summed E-state index contributed by atoms with van der Waals surface area (Å²) in [6, 6.07) is 1.85. The lowest BCUT2D eigenvalue weighted by atomic mass is 9.96. The monoisotopic (exact) mass is 255 g/mol. The molecule has 0 spiro atoms. The first-order valence-corrected chi connectivity index (χ1v) is 7.50. The zero-order valence-electron chi connectivity index (χ0n) is 11.9. The van der Waals surface area contributed by atoms with Crippen LogP contribution in [0, 0.1) is 0 Å². The Labute approximate surface area is 111 Å². The van der Waals surface area contributed by atoms with Crippen molar-refractivity contribution >= 4 is 0 Å². The zero-order chi connectivity index (χ0) is 13.0. The molecule has 2 saturated heterocycles. The minimum atomic E-state index is 0.281. The Hall–Kier alpha value is -0.160. The molecule has 0 aromatic carbocycles. The van der Waals surface area contributed by atoms with Gasteiger partial charge in [-0.1, -0.05) is 6.42 Å². The van der Waals surface area contributed by atoms with Gasteiger partial charge in [0.2, 0.25) is 0 Å². The van der Waals surface area contributed by atoms with Crippen LogP contribution in [0.4, 0.5) is 0 Å². The lowest BCUT2D eigenvalue weighted by molar-refractivity contribution is 0.00996. The molecule has 0 radical (unpaired) electrons. The third kappa shape index (κ3) is 3.44. The molecule has 0 aromatic rings. The molecule has 3 unspecified atom stereocenters. The number of aliphatic hydroxyl groups excluding tert-OH is 1. The molecule has 4 heteroatoms. The summed E-state index contributed by atoms with van der Waals surface area (Å²) in [6.45, 7) is 7.43. The summed E-state index contributed by atoms with van der Waals surface area (Å²) in [4.78, 5) is 5.30. The van der Waals surface area contributed by atoms with Gasteiger partial charge < -0.3 is 10.4 Å². The Kier molecular flexibility index (Phi) is 5.42. The van der Waals surface area contributed by atoms with E-state index in [1.807, 2.05) is 7.05 Å². The van der Waals surface area contributed by atoms with Gasteiger partial charge in [-0.05, 0) is 39.8 Å². The van der Waals surface area contributed by atoms with Gasteiger partial charge in [0.05, 0.1) is 0 Å². The van der Waals surface area contributed by atoms with Gasteiger partial charge in [-0.2, -0.15) is 0 Å². The molecular weight excluding hydrogens is 226 g/mol. The van der Waals surface area contributed by atoms with Crippen LogP contribution in [0.3, 0.4) is 0 Å². The lowest BCUT2D eigenvalue weighted by Crippen LogP contribution is -2.60. The fraction of sp³-hybridized carbons (Fsp3) is 1.00. The normalized spacial score (nSPS) is 32.2. The van der Waals surface area contributed by atoms with E-state index in [9.17, 15) is 0 Å². The molecule has 4 nitrogen and oxygen atoms in total. The molecule has 2 aliphatic rings. The first-order chi connectivity index (χ1) is 8.74. The third-order valence-electron chi connectivity index (χ3n) is 4.66. The molecule has 2 heterocycles. The summed E-state index contributed by atoms with van der Waals surface area (Å²) in [5.74, 6) is 0. The first kappa shape index (κ1) is 14.3. The second kappa shape index (κ2) is 6.85. The highest BCUT2D eigenvalue weighted by atomic mass is 16.3. The van der Waals surface area contributed by atoms with Crippen LogP contribution in [0.15, 0.2) is 0 Å². The Balaban J connectivity index is 1.88. The molecule has 0 aromatic heterocycles. The molecule has 0 bridgehead atoms. The van der Waals surface area contributed by atoms with Crippen molar-refractivity contribution < 1.29 is 5.11 Å². The molecule has 3 atom stereocenters. The maximum atomic E-state index is 9.08. The van der Waals surface area contributed by atoms with Crippen LogP contribution in [0.1, 0.15) is 32.6 Å². The Morgan fingerprint density at radius 3 is 2.89 bits per heavy atom. The fourth-order valence-corrected chi connectivity index (χ4v) is 3.43. The average Bonchev–Trinajstić information content (AvgIpc) is 2.39. The summed E-state index contributed by atoms with van der Waals surface area (Å²) < 4.78 is 0. The van der Waals surface area contributed by atoms with Crippen molar-refractivity contribution in [3.05, 3.63) is 0 Å². The molecule has 106 valence electrons. The highest BCUT2D eigenvalue weighted by molar-refractivity contribution is 4.90. The standard InChI is InChI=1S/C14H29N3O/c1-12-9-16-7-4-3-5-14(16)11-17(12)10-13(15-2)6-8-18/h12-15,18H,3-11H2,1-2H3. The minimum Gasteiger partial charge on any atom is -0.396 e. The fourth-order valence-electron chi connectivity index (χ4n) is 3.43. The number of hydrogen-bond acceptors (Lipinski definition) is 4. The van der Waals surface area contributed by atoms with Crippen LogP contribution in [0.2, 0.25) is 0 Å². The molecule has 2 N–H and O–H groups in total. The van der Waals surface area contributed by atoms with Gasteiger partial charge in [-0.15, -0.1) is 0 Å². The van der Waals surface area contributed by atoms with E-state index < -0.39 is 0 Å². The van der Waals surface area contributed by atoms with Gasteiger partial charge in [0, 0.05) is 44.4 Å². The molecule has 0 amide bonds. The highest BCUT2D eigenvalue weighted by Crippen LogP contribution is 2.24. The van der Waals surface area contributed by atoms with Gasteiger partial charge in [0.1, 0.15) is 0 Å². The zero-order valence-corrected chi connectivity index (χ0v) is 11.9. The topological polar surface area (TPSA) is 38.7 Å². The van der Waals surface area contributed by atoms with Crippen molar-refractivity contribution in [2.24, 2.45) is 0 Å². The van der Waals surface area contributed by atoms with E-state index in [2.05, 4.69) is 22.0 Å². The quantitative estimate of drug-likeness (QED) is 0.751. The number of rotatable bonds is 5. The number of piperazine rings is 1. The van der Waals surface area contributed by atoms with Crippen molar-refractivity contribution in [3.63, 3.8) is 0 Å². The number of nitrogens with zero attached hydrogens (tertiary/aromatic N) is 2. The molecule has 0 saturated carbocycles. The predicted molar refractivity (Wildman–Crippen MR) is 74.8 cm³/mol. The van der Waals surface area contributed by atoms with E-state index in [-0.39, 0.29) is 6.61 Å². The van der Waals surface area contributed by atoms with Gasteiger partial charge in [-0.3, -0.25) is 9.80 Å². The molecule has 2 fully saturated rings. The second-order valence-electron chi connectivity index (χ2n) is 5.95. The van der Waals surface area contributed by atoms with Crippen LogP contribution in [0.5, 0.6) is 0 Å². The van der Waals surface area contributed by atoms with E-state index in [1.165, 1.54) is 38.9 Å². The van der Waals surface area contributed by atoms with Crippen LogP contribution >= 0.6 is 0 Å². The molecule has 2 rings (SSSR count). The predicted octanol–water partition coefficient (Wildman–Crippen LogP) is 0.515. The van der Waals surface area contributed by atoms with Crippen molar-refractivity contribution in [2.75, 3.05) is 39.8 Å². The number of hydrogen-bond donors (Lipinski definition) is 2. The maximum absolute atomic E-state index is 9.08. The third-order valence-corrected chi connectivity index (χ3v) is 4.66. The number of piperidine rings is 1. The largest absolute Gasteiger partial charge is 0.396 e. The van der Waals surface area contributed by atoms with Gasteiger partial charge in [0.25, 0.3) is 0 Å². The highest BCUT2D eigenvalue weighted by Gasteiger charge is 2.33. The minimum absolute atomic E-state index is 0.281. The lowest BCUT2D eigenvalue weighted by Gasteiger charge is -2.48. The Bertz CT molecular complexity index is 247. The van der Waals surface area contributed by atoms with E-state index >= 15 is 0 Å². The Morgan fingerprint density at radius 2 is 2.17 bits per heavy atom. The van der Waals surface area contributed by atoms with Crippen molar-refractivity contribution in [1.82, 2.24) is 15.1 Å². The van der Waals surface area contributed by atoms with Crippen molar-refractivity contribution in [1.29, 1.82) is 0 Å². The molecular formula is C14H29N3O. The molecule has 2 aliphatic heterocycles. The number of fused-ring (bicyclic) bond motifs is 1. The van der Waals surface area contributed by atoms with Crippen LogP contribution in [-0.2, 0) is 0 Å². The van der Waals surface area contributed by atoms with Gasteiger partial charge >= 0.3 is 0 Å². The Morgan fingerprint density at radius 1 is 1.33 bits per heavy atom. The van der Waals surface area contributed by atoms with E-state index in [0.717, 1.165) is 19.0 Å². The maximum Gasteiger partial charge on any atom is 0.0446 e. The average molecular weight is 255 g/mol. The summed E-state index contributed by atoms with van der Waals surface area (Å²) in [5.41, 5.74) is 0. The number of likely N-dealkylation sites (N-methyl/N-ethyl adjacent to an activating group) is 1. The second-order valence-corrected chi connectivity index (χ2v) is 5.95. The van der Waals surface area contributed by atoms with Crippen LogP contribution < -0.4 is 5.32 Å². The molecule has 18 heavy (non-hydrogen) atoms. The smallest absolute Gasteiger partial charge is 0.0446 e. The number of aliphatic hydroxyl groups is 1. The molecule has 0 aliphatic carbocycles. The van der Waals surface area contributed by atoms with E-state index in [1.54, 1.807) is 0 Å². The van der Waals surface area contributed by atoms with Crippen LogP contribution in [0.25, 0.3) is 0 Å². The van der Waals surface area contributed by atoms with Gasteiger partial charge in [-0.25, -0.2) is 0 Å². The summed E-state index contributed by atoms with van der Waals surface area (Å²) in [5, 5.41) is 12.4. The summed E-state index contributed by atoms with van der Waals surface area (Å²) in [6.07, 6.45) is 5.00. The summed E-state index contributed by atoms with van der Waals surface area (Å²) in [7, 11) is 2.00.